The molecule has 20 heavy (non-hydrogen) atoms. The van der Waals surface area contributed by atoms with Crippen molar-refractivity contribution in [3.8, 4) is 5.75 Å². The quantitative estimate of drug-likeness (QED) is 0.837. The van der Waals surface area contributed by atoms with Crippen molar-refractivity contribution >= 4 is 40.2 Å². The van der Waals surface area contributed by atoms with Crippen molar-refractivity contribution in [2.24, 2.45) is 5.73 Å². The molecule has 3 N–H and O–H groups in total. The first-order valence-corrected chi connectivity index (χ1v) is 6.81. The number of hydrogen-bond donors (Lipinski definition) is 2. The van der Waals surface area contributed by atoms with Crippen LogP contribution in [0.2, 0.25) is 5.02 Å². The molecule has 2 aromatic carbocycles. The number of methoxy groups -OCH3 is 1. The lowest BCUT2D eigenvalue weighted by Crippen LogP contribution is -2.12. The van der Waals surface area contributed by atoms with Gasteiger partial charge in [0.25, 0.3) is 0 Å². The molecule has 0 aromatic heterocycles. The first kappa shape index (κ1) is 14.6. The van der Waals surface area contributed by atoms with Crippen molar-refractivity contribution in [3.63, 3.8) is 0 Å². The van der Waals surface area contributed by atoms with E-state index in [-0.39, 0.29) is 0 Å². The number of aryl methyl sites for hydroxylation is 1. The highest BCUT2D eigenvalue weighted by atomic mass is 35.5. The van der Waals surface area contributed by atoms with Gasteiger partial charge in [-0.15, -0.1) is 0 Å². The highest BCUT2D eigenvalue weighted by molar-refractivity contribution is 7.80. The number of halogens is 1. The van der Waals surface area contributed by atoms with Crippen molar-refractivity contribution in [3.05, 3.63) is 52.5 Å². The summed E-state index contributed by atoms with van der Waals surface area (Å²) in [5, 5.41) is 3.82. The van der Waals surface area contributed by atoms with Gasteiger partial charge < -0.3 is 15.8 Å². The molecule has 0 amide bonds. The number of nitrogens with two attached hydrogens (primary N) is 1. The molecule has 0 atom stereocenters. The van der Waals surface area contributed by atoms with E-state index in [1.165, 1.54) is 0 Å². The number of rotatable bonds is 4. The number of ether oxygens (including phenoxy) is 1. The first-order chi connectivity index (χ1) is 9.51. The van der Waals surface area contributed by atoms with Gasteiger partial charge in [0, 0.05) is 16.9 Å². The molecule has 2 aromatic rings. The third-order valence-corrected chi connectivity index (χ3v) is 3.39. The van der Waals surface area contributed by atoms with E-state index >= 15 is 0 Å². The van der Waals surface area contributed by atoms with Gasteiger partial charge in [-0.05, 0) is 42.8 Å². The summed E-state index contributed by atoms with van der Waals surface area (Å²) < 4.78 is 5.13. The Morgan fingerprint density at radius 3 is 2.60 bits per heavy atom. The molecular formula is C15H15ClN2OS. The van der Waals surface area contributed by atoms with Crippen LogP contribution in [0.4, 0.5) is 11.4 Å². The van der Waals surface area contributed by atoms with Crippen LogP contribution in [0, 0.1) is 6.92 Å². The third-order valence-electron chi connectivity index (χ3n) is 2.87. The van der Waals surface area contributed by atoms with Gasteiger partial charge in [0.1, 0.15) is 10.7 Å². The molecule has 0 saturated heterocycles. The van der Waals surface area contributed by atoms with Crippen LogP contribution in [-0.4, -0.2) is 12.1 Å². The predicted octanol–water partition coefficient (Wildman–Crippen LogP) is 4.03. The highest BCUT2D eigenvalue weighted by Crippen LogP contribution is 2.30. The van der Waals surface area contributed by atoms with Crippen LogP contribution < -0.4 is 15.8 Å². The normalized spacial score (nSPS) is 10.2. The first-order valence-electron chi connectivity index (χ1n) is 6.02. The predicted molar refractivity (Wildman–Crippen MR) is 88.4 cm³/mol. The molecule has 0 radical (unpaired) electrons. The number of nitrogens with one attached hydrogen (secondary N) is 1. The topological polar surface area (TPSA) is 47.3 Å². The Kier molecular flexibility index (Phi) is 4.47. The molecule has 0 bridgehead atoms. The van der Waals surface area contributed by atoms with Gasteiger partial charge in [-0.25, -0.2) is 0 Å². The Labute approximate surface area is 128 Å². The average Bonchev–Trinajstić information content (AvgIpc) is 2.38. The fourth-order valence-electron chi connectivity index (χ4n) is 1.88. The fraction of sp³-hybridized carbons (Fsp3) is 0.133. The standard InChI is InChI=1S/C15H15ClN2OS/c1-9-3-5-11(15(17)20)13(7-9)18-10-4-6-14(19-2)12(16)8-10/h3-8,18H,1-2H3,(H2,17,20). The minimum absolute atomic E-state index is 0.354. The minimum Gasteiger partial charge on any atom is -0.495 e. The number of hydrogen-bond acceptors (Lipinski definition) is 3. The van der Waals surface area contributed by atoms with E-state index in [4.69, 9.17) is 34.3 Å². The van der Waals surface area contributed by atoms with Gasteiger partial charge in [0.05, 0.1) is 12.1 Å². The Hall–Kier alpha value is -1.78. The Morgan fingerprint density at radius 1 is 1.25 bits per heavy atom. The largest absolute Gasteiger partial charge is 0.495 e. The molecule has 0 spiro atoms. The molecular weight excluding hydrogens is 292 g/mol. The molecule has 0 heterocycles. The van der Waals surface area contributed by atoms with Crippen LogP contribution >= 0.6 is 23.8 Å². The van der Waals surface area contributed by atoms with E-state index in [1.54, 1.807) is 19.2 Å². The maximum absolute atomic E-state index is 6.11. The summed E-state index contributed by atoms with van der Waals surface area (Å²) in [5.74, 6) is 0.635. The van der Waals surface area contributed by atoms with Crippen LogP contribution in [0.1, 0.15) is 11.1 Å². The summed E-state index contributed by atoms with van der Waals surface area (Å²) in [5.41, 5.74) is 9.37. The molecule has 2 rings (SSSR count). The fourth-order valence-corrected chi connectivity index (χ4v) is 2.31. The van der Waals surface area contributed by atoms with Crippen LogP contribution in [0.15, 0.2) is 36.4 Å². The molecule has 3 nitrogen and oxygen atoms in total. The van der Waals surface area contributed by atoms with Gasteiger partial charge in [-0.1, -0.05) is 29.9 Å². The van der Waals surface area contributed by atoms with Crippen molar-refractivity contribution in [1.29, 1.82) is 0 Å². The summed E-state index contributed by atoms with van der Waals surface area (Å²) in [4.78, 5) is 0.354. The lowest BCUT2D eigenvalue weighted by molar-refractivity contribution is 0.415. The Balaban J connectivity index is 2.36. The van der Waals surface area contributed by atoms with Crippen molar-refractivity contribution in [2.75, 3.05) is 12.4 Å². The Bertz CT molecular complexity index is 658. The molecule has 0 aliphatic heterocycles. The van der Waals surface area contributed by atoms with E-state index in [1.807, 2.05) is 31.2 Å². The summed E-state index contributed by atoms with van der Waals surface area (Å²) in [7, 11) is 1.58. The molecule has 104 valence electrons. The second-order valence-electron chi connectivity index (χ2n) is 4.39. The monoisotopic (exact) mass is 306 g/mol. The second-order valence-corrected chi connectivity index (χ2v) is 5.23. The van der Waals surface area contributed by atoms with Crippen LogP contribution in [0.25, 0.3) is 0 Å². The van der Waals surface area contributed by atoms with Crippen molar-refractivity contribution in [2.45, 2.75) is 6.92 Å². The van der Waals surface area contributed by atoms with E-state index in [0.29, 0.717) is 15.8 Å². The van der Waals surface area contributed by atoms with Crippen LogP contribution in [0.3, 0.4) is 0 Å². The van der Waals surface area contributed by atoms with Gasteiger partial charge in [0.2, 0.25) is 0 Å². The Morgan fingerprint density at radius 2 is 2.00 bits per heavy atom. The van der Waals surface area contributed by atoms with Crippen LogP contribution in [-0.2, 0) is 0 Å². The number of anilines is 2. The summed E-state index contributed by atoms with van der Waals surface area (Å²) in [6.07, 6.45) is 0. The van der Waals surface area contributed by atoms with E-state index in [9.17, 15) is 0 Å². The van der Waals surface area contributed by atoms with Gasteiger partial charge in [-0.3, -0.25) is 0 Å². The smallest absolute Gasteiger partial charge is 0.137 e. The van der Waals surface area contributed by atoms with E-state index < -0.39 is 0 Å². The maximum Gasteiger partial charge on any atom is 0.137 e. The highest BCUT2D eigenvalue weighted by Gasteiger charge is 2.07. The molecule has 0 saturated carbocycles. The number of benzene rings is 2. The van der Waals surface area contributed by atoms with Gasteiger partial charge in [-0.2, -0.15) is 0 Å². The minimum atomic E-state index is 0.354. The van der Waals surface area contributed by atoms with Gasteiger partial charge in [0.15, 0.2) is 0 Å². The molecule has 0 aliphatic rings. The lowest BCUT2D eigenvalue weighted by Gasteiger charge is -2.13. The lowest BCUT2D eigenvalue weighted by atomic mass is 10.1. The van der Waals surface area contributed by atoms with E-state index in [0.717, 1.165) is 22.5 Å². The summed E-state index contributed by atoms with van der Waals surface area (Å²) >= 11 is 11.2. The second kappa shape index (κ2) is 6.11. The van der Waals surface area contributed by atoms with E-state index in [2.05, 4.69) is 5.32 Å². The molecule has 0 fully saturated rings. The zero-order valence-electron chi connectivity index (χ0n) is 11.2. The van der Waals surface area contributed by atoms with Crippen molar-refractivity contribution in [1.82, 2.24) is 0 Å². The molecule has 5 heteroatoms. The van der Waals surface area contributed by atoms with Crippen LogP contribution in [0.5, 0.6) is 5.75 Å². The SMILES string of the molecule is COc1ccc(Nc2cc(C)ccc2C(N)=S)cc1Cl. The zero-order valence-corrected chi connectivity index (χ0v) is 12.8. The van der Waals surface area contributed by atoms with Gasteiger partial charge >= 0.3 is 0 Å². The zero-order chi connectivity index (χ0) is 14.7. The third kappa shape index (κ3) is 3.21. The number of thiocarbonyl (C=S) groups is 1. The summed E-state index contributed by atoms with van der Waals surface area (Å²) in [6, 6.07) is 11.4. The molecule has 0 aliphatic carbocycles. The maximum atomic E-state index is 6.11. The van der Waals surface area contributed by atoms with Crippen molar-refractivity contribution < 1.29 is 4.74 Å². The molecule has 0 unspecified atom stereocenters. The summed E-state index contributed by atoms with van der Waals surface area (Å²) in [6.45, 7) is 2.01. The average molecular weight is 307 g/mol.